The van der Waals surface area contributed by atoms with Crippen LogP contribution < -0.4 is 4.90 Å². The Bertz CT molecular complexity index is 1190. The van der Waals surface area contributed by atoms with Crippen molar-refractivity contribution >= 4 is 17.2 Å². The van der Waals surface area contributed by atoms with Crippen LogP contribution in [0.5, 0.6) is 0 Å². The van der Waals surface area contributed by atoms with E-state index in [1.165, 1.54) is 12.5 Å². The third-order valence-corrected chi connectivity index (χ3v) is 6.53. The van der Waals surface area contributed by atoms with Crippen molar-refractivity contribution in [2.24, 2.45) is 0 Å². The van der Waals surface area contributed by atoms with Crippen LogP contribution in [0.4, 0.5) is 14.5 Å². The van der Waals surface area contributed by atoms with Crippen molar-refractivity contribution in [1.82, 2.24) is 4.90 Å². The van der Waals surface area contributed by atoms with E-state index in [1.807, 2.05) is 60.7 Å². The summed E-state index contributed by atoms with van der Waals surface area (Å²) in [5.74, 6) is -1.11. The maximum absolute atomic E-state index is 14.5. The van der Waals surface area contributed by atoms with Crippen LogP contribution in [-0.2, 0) is 0 Å². The maximum Gasteiger partial charge on any atom is 0.254 e. The van der Waals surface area contributed by atoms with Crippen LogP contribution in [0.3, 0.4) is 0 Å². The van der Waals surface area contributed by atoms with Gasteiger partial charge in [0.05, 0.1) is 6.04 Å². The zero-order chi connectivity index (χ0) is 22.8. The highest BCUT2D eigenvalue weighted by Gasteiger charge is 2.32. The van der Waals surface area contributed by atoms with Gasteiger partial charge in [0, 0.05) is 36.4 Å². The number of halogens is 2. The Hall–Kier alpha value is -3.47. The fourth-order valence-corrected chi connectivity index (χ4v) is 4.81. The summed E-state index contributed by atoms with van der Waals surface area (Å²) in [4.78, 5) is 17.8. The number of benzene rings is 3. The van der Waals surface area contributed by atoms with E-state index in [1.54, 1.807) is 4.90 Å². The molecule has 33 heavy (non-hydrogen) atoms. The second-order valence-corrected chi connectivity index (χ2v) is 8.70. The number of anilines is 1. The smallest absolute Gasteiger partial charge is 0.254 e. The van der Waals surface area contributed by atoms with Gasteiger partial charge in [0.1, 0.15) is 11.6 Å². The molecule has 3 aromatic rings. The summed E-state index contributed by atoms with van der Waals surface area (Å²) in [5.41, 5.74) is 3.41. The molecule has 0 N–H and O–H groups in total. The molecule has 168 valence electrons. The molecule has 0 aliphatic carbocycles. The first-order valence-electron chi connectivity index (χ1n) is 11.5. The van der Waals surface area contributed by atoms with E-state index in [2.05, 4.69) is 4.90 Å². The molecule has 3 nitrogen and oxygen atoms in total. The molecule has 1 fully saturated rings. The van der Waals surface area contributed by atoms with Gasteiger partial charge in [-0.3, -0.25) is 4.79 Å². The van der Waals surface area contributed by atoms with Gasteiger partial charge in [-0.1, -0.05) is 42.5 Å². The van der Waals surface area contributed by atoms with Gasteiger partial charge in [-0.2, -0.15) is 0 Å². The van der Waals surface area contributed by atoms with Gasteiger partial charge in [0.2, 0.25) is 0 Å². The van der Waals surface area contributed by atoms with Gasteiger partial charge in [-0.25, -0.2) is 8.78 Å². The molecule has 1 atom stereocenters. The van der Waals surface area contributed by atoms with E-state index < -0.39 is 11.6 Å². The lowest BCUT2D eigenvalue weighted by Crippen LogP contribution is -2.32. The molecule has 1 amide bonds. The van der Waals surface area contributed by atoms with Gasteiger partial charge >= 0.3 is 0 Å². The van der Waals surface area contributed by atoms with Crippen LogP contribution in [-0.4, -0.2) is 30.4 Å². The highest BCUT2D eigenvalue weighted by molar-refractivity contribution is 5.97. The lowest BCUT2D eigenvalue weighted by atomic mass is 10.0. The third kappa shape index (κ3) is 4.40. The van der Waals surface area contributed by atoms with E-state index in [0.717, 1.165) is 49.3 Å². The Morgan fingerprint density at radius 2 is 1.64 bits per heavy atom. The lowest BCUT2D eigenvalue weighted by molar-refractivity contribution is 0.0751. The number of hydrogen-bond donors (Lipinski definition) is 0. The first kappa shape index (κ1) is 21.4. The Labute approximate surface area is 193 Å². The SMILES string of the molecule is O=C(c1cccc(N2CCCCC2)c1)N1CC(c2cc(F)ccc2F)=CC1c1ccccc1. The van der Waals surface area contributed by atoms with Crippen molar-refractivity contribution in [2.75, 3.05) is 24.5 Å². The Morgan fingerprint density at radius 1 is 0.848 bits per heavy atom. The minimum atomic E-state index is -0.498. The van der Waals surface area contributed by atoms with Crippen LogP contribution in [0.1, 0.15) is 46.8 Å². The fraction of sp³-hybridized carbons (Fsp3) is 0.250. The molecule has 5 heteroatoms. The standard InChI is InChI=1S/C28H26F2N2O/c29-23-12-13-26(30)25(18-23)22-17-27(20-8-3-1-4-9-20)32(19-22)28(33)21-10-7-11-24(16-21)31-14-5-2-6-15-31/h1,3-4,7-13,16-18,27H,2,5-6,14-15,19H2. The number of piperidine rings is 1. The van der Waals surface area contributed by atoms with Crippen LogP contribution >= 0.6 is 0 Å². The molecule has 0 bridgehead atoms. The molecule has 5 rings (SSSR count). The summed E-state index contributed by atoms with van der Waals surface area (Å²) in [6.07, 6.45) is 5.44. The number of rotatable bonds is 4. The van der Waals surface area contributed by atoms with Gasteiger partial charge < -0.3 is 9.80 Å². The fourth-order valence-electron chi connectivity index (χ4n) is 4.81. The molecule has 2 aliphatic rings. The van der Waals surface area contributed by atoms with Crippen molar-refractivity contribution < 1.29 is 13.6 Å². The average Bonchev–Trinajstić information content (AvgIpc) is 3.31. The molecule has 1 saturated heterocycles. The Balaban J connectivity index is 1.48. The Kier molecular flexibility index (Phi) is 5.95. The van der Waals surface area contributed by atoms with Crippen LogP contribution in [0.15, 0.2) is 78.9 Å². The lowest BCUT2D eigenvalue weighted by Gasteiger charge is -2.30. The summed E-state index contributed by atoms with van der Waals surface area (Å²) in [6.45, 7) is 2.21. The summed E-state index contributed by atoms with van der Waals surface area (Å²) in [7, 11) is 0. The second-order valence-electron chi connectivity index (χ2n) is 8.70. The molecule has 0 saturated carbocycles. The summed E-state index contributed by atoms with van der Waals surface area (Å²) in [5, 5.41) is 0. The van der Waals surface area contributed by atoms with E-state index in [4.69, 9.17) is 0 Å². The molecule has 1 unspecified atom stereocenters. The highest BCUT2D eigenvalue weighted by atomic mass is 19.1. The van der Waals surface area contributed by atoms with E-state index in [0.29, 0.717) is 11.1 Å². The molecular formula is C28H26F2N2O. The van der Waals surface area contributed by atoms with E-state index in [9.17, 15) is 13.6 Å². The normalized spacial score (nSPS) is 18.4. The number of hydrogen-bond acceptors (Lipinski definition) is 2. The maximum atomic E-state index is 14.5. The van der Waals surface area contributed by atoms with Crippen LogP contribution in [0, 0.1) is 11.6 Å². The number of nitrogens with zero attached hydrogens (tertiary/aromatic N) is 2. The molecule has 2 heterocycles. The predicted octanol–water partition coefficient (Wildman–Crippen LogP) is 6.24. The van der Waals surface area contributed by atoms with Gasteiger partial charge in [-0.05, 0) is 66.8 Å². The third-order valence-electron chi connectivity index (χ3n) is 6.53. The molecular weight excluding hydrogens is 418 g/mol. The van der Waals surface area contributed by atoms with Crippen molar-refractivity contribution in [3.05, 3.63) is 107 Å². The quantitative estimate of drug-likeness (QED) is 0.476. The van der Waals surface area contributed by atoms with Crippen molar-refractivity contribution in [3.8, 4) is 0 Å². The first-order valence-corrected chi connectivity index (χ1v) is 11.5. The van der Waals surface area contributed by atoms with E-state index >= 15 is 0 Å². The Morgan fingerprint density at radius 3 is 2.42 bits per heavy atom. The minimum absolute atomic E-state index is 0.120. The zero-order valence-electron chi connectivity index (χ0n) is 18.4. The average molecular weight is 445 g/mol. The number of carbonyl (C=O) groups excluding carboxylic acids is 1. The second kappa shape index (κ2) is 9.18. The number of carbonyl (C=O) groups is 1. The topological polar surface area (TPSA) is 23.6 Å². The predicted molar refractivity (Wildman–Crippen MR) is 127 cm³/mol. The van der Waals surface area contributed by atoms with Gasteiger partial charge in [0.15, 0.2) is 0 Å². The number of amides is 1. The largest absolute Gasteiger partial charge is 0.372 e. The van der Waals surface area contributed by atoms with E-state index in [-0.39, 0.29) is 24.1 Å². The van der Waals surface area contributed by atoms with Crippen LogP contribution in [0.25, 0.3) is 5.57 Å². The molecule has 0 spiro atoms. The molecule has 3 aromatic carbocycles. The zero-order valence-corrected chi connectivity index (χ0v) is 18.4. The molecule has 2 aliphatic heterocycles. The monoisotopic (exact) mass is 444 g/mol. The molecule has 0 radical (unpaired) electrons. The van der Waals surface area contributed by atoms with Gasteiger partial charge in [-0.15, -0.1) is 0 Å². The van der Waals surface area contributed by atoms with Crippen molar-refractivity contribution in [2.45, 2.75) is 25.3 Å². The minimum Gasteiger partial charge on any atom is -0.372 e. The highest BCUT2D eigenvalue weighted by Crippen LogP contribution is 2.37. The van der Waals surface area contributed by atoms with Crippen molar-refractivity contribution in [1.29, 1.82) is 0 Å². The summed E-state index contributed by atoms with van der Waals surface area (Å²) < 4.78 is 28.4. The summed E-state index contributed by atoms with van der Waals surface area (Å²) in [6, 6.07) is 20.5. The summed E-state index contributed by atoms with van der Waals surface area (Å²) >= 11 is 0. The van der Waals surface area contributed by atoms with Gasteiger partial charge in [0.25, 0.3) is 5.91 Å². The van der Waals surface area contributed by atoms with Crippen molar-refractivity contribution in [3.63, 3.8) is 0 Å². The first-order chi connectivity index (χ1) is 16.1. The van der Waals surface area contributed by atoms with Crippen LogP contribution in [0.2, 0.25) is 0 Å². The molecule has 0 aromatic heterocycles.